The highest BCUT2D eigenvalue weighted by Gasteiger charge is 2.25. The molecule has 0 unspecified atom stereocenters. The first-order valence-corrected chi connectivity index (χ1v) is 16.4. The Bertz CT molecular complexity index is 1880. The number of pyridine rings is 1. The van der Waals surface area contributed by atoms with Crippen LogP contribution in [0.4, 0.5) is 0 Å². The number of carbonyl (C=O) groups is 1. The van der Waals surface area contributed by atoms with Crippen LogP contribution in [0.3, 0.4) is 0 Å². The Kier molecular flexibility index (Phi) is 7.98. The molecule has 42 heavy (non-hydrogen) atoms. The first-order chi connectivity index (χ1) is 20.3. The Morgan fingerprint density at radius 3 is 2.52 bits per heavy atom. The maximum atomic E-state index is 13.9. The van der Waals surface area contributed by atoms with Gasteiger partial charge in [0.15, 0.2) is 0 Å². The van der Waals surface area contributed by atoms with Crippen molar-refractivity contribution in [2.45, 2.75) is 38.0 Å². The summed E-state index contributed by atoms with van der Waals surface area (Å²) in [4.78, 5) is 19.9. The molecule has 1 saturated heterocycles. The average Bonchev–Trinajstić information content (AvgIpc) is 3.35. The van der Waals surface area contributed by atoms with Gasteiger partial charge in [0.25, 0.3) is 15.9 Å². The molecule has 0 aliphatic carbocycles. The number of thiophene rings is 1. The number of hydrogen-bond donors (Lipinski definition) is 1. The number of ether oxygens (including phenoxy) is 2. The second-order valence-electron chi connectivity index (χ2n) is 10.7. The summed E-state index contributed by atoms with van der Waals surface area (Å²) in [7, 11) is -4.11. The van der Waals surface area contributed by atoms with Crippen molar-refractivity contribution in [3.05, 3.63) is 89.5 Å². The summed E-state index contributed by atoms with van der Waals surface area (Å²) in [6.07, 6.45) is 2.88. The lowest BCUT2D eigenvalue weighted by molar-refractivity contribution is 0.0594. The van der Waals surface area contributed by atoms with E-state index < -0.39 is 15.9 Å². The lowest BCUT2D eigenvalue weighted by Crippen LogP contribution is -2.31. The van der Waals surface area contributed by atoms with E-state index in [2.05, 4.69) is 16.9 Å². The van der Waals surface area contributed by atoms with E-state index in [4.69, 9.17) is 14.5 Å². The van der Waals surface area contributed by atoms with E-state index in [-0.39, 0.29) is 10.5 Å². The topological polar surface area (TPSA) is 94.6 Å². The molecule has 0 saturated carbocycles. The summed E-state index contributed by atoms with van der Waals surface area (Å²) >= 11 is 1.60. The van der Waals surface area contributed by atoms with Gasteiger partial charge in [-0.3, -0.25) is 4.79 Å². The lowest BCUT2D eigenvalue weighted by atomic mass is 9.97. The van der Waals surface area contributed by atoms with E-state index >= 15 is 0 Å². The molecule has 0 spiro atoms. The van der Waals surface area contributed by atoms with E-state index in [1.807, 2.05) is 38.1 Å². The molecule has 0 radical (unpaired) electrons. The molecule has 6 rings (SSSR count). The molecule has 0 atom stereocenters. The number of amides is 1. The number of aryl methyl sites for hydroxylation is 2. The Balaban J connectivity index is 1.46. The molecule has 2 aromatic heterocycles. The van der Waals surface area contributed by atoms with Crippen LogP contribution in [0.25, 0.3) is 31.6 Å². The Hall–Kier alpha value is -3.79. The number of fused-ring (bicyclic) bond motifs is 2. The number of hydrogen-bond acceptors (Lipinski definition) is 7. The van der Waals surface area contributed by atoms with Gasteiger partial charge in [0, 0.05) is 17.9 Å². The molecule has 7 nitrogen and oxygen atoms in total. The Morgan fingerprint density at radius 2 is 1.76 bits per heavy atom. The zero-order valence-electron chi connectivity index (χ0n) is 23.6. The van der Waals surface area contributed by atoms with Crippen molar-refractivity contribution in [2.24, 2.45) is 5.92 Å². The quantitative estimate of drug-likeness (QED) is 0.205. The van der Waals surface area contributed by atoms with Gasteiger partial charge in [0.05, 0.1) is 38.5 Å². The molecule has 1 N–H and O–H groups in total. The Morgan fingerprint density at radius 1 is 1.02 bits per heavy atom. The maximum absolute atomic E-state index is 13.9. The molecule has 9 heteroatoms. The zero-order valence-corrected chi connectivity index (χ0v) is 25.2. The summed E-state index contributed by atoms with van der Waals surface area (Å²) < 4.78 is 41.6. The number of aromatic nitrogens is 1. The van der Waals surface area contributed by atoms with Crippen molar-refractivity contribution in [1.82, 2.24) is 9.71 Å². The second kappa shape index (κ2) is 11.8. The summed E-state index contributed by atoms with van der Waals surface area (Å²) in [6, 6.07) is 21.5. The molecule has 1 amide bonds. The first-order valence-electron chi connectivity index (χ1n) is 14.1. The number of rotatable bonds is 8. The maximum Gasteiger partial charge on any atom is 0.265 e. The van der Waals surface area contributed by atoms with Gasteiger partial charge in [-0.05, 0) is 85.9 Å². The van der Waals surface area contributed by atoms with Gasteiger partial charge in [-0.15, -0.1) is 11.3 Å². The molecule has 3 aromatic carbocycles. The van der Waals surface area contributed by atoms with Crippen LogP contribution < -0.4 is 9.46 Å². The van der Waals surface area contributed by atoms with E-state index in [9.17, 15) is 13.2 Å². The number of sulfonamides is 1. The fourth-order valence-electron chi connectivity index (χ4n) is 5.48. The van der Waals surface area contributed by atoms with Crippen LogP contribution in [0.2, 0.25) is 0 Å². The summed E-state index contributed by atoms with van der Waals surface area (Å²) in [5.41, 5.74) is 3.35. The molecule has 1 fully saturated rings. The predicted molar refractivity (Wildman–Crippen MR) is 167 cm³/mol. The van der Waals surface area contributed by atoms with Crippen molar-refractivity contribution < 1.29 is 22.7 Å². The van der Waals surface area contributed by atoms with E-state index in [1.165, 1.54) is 12.1 Å². The molecular formula is C33H32N2O5S2. The van der Waals surface area contributed by atoms with Gasteiger partial charge < -0.3 is 9.47 Å². The van der Waals surface area contributed by atoms with Crippen molar-refractivity contribution in [3.63, 3.8) is 0 Å². The SMILES string of the molecule is Cc1c(-c2cc(C(=O)NS(=O)(=O)c3ccccc3)c3c(OCCC4CCOCC4)ccc(C)c3n2)sc2ccccc12. The molecule has 216 valence electrons. The van der Waals surface area contributed by atoms with Gasteiger partial charge in [-0.2, -0.15) is 0 Å². The van der Waals surface area contributed by atoms with Crippen LogP contribution in [0.5, 0.6) is 5.75 Å². The minimum atomic E-state index is -4.11. The lowest BCUT2D eigenvalue weighted by Gasteiger charge is -2.22. The molecule has 0 bridgehead atoms. The molecule has 5 aromatic rings. The molecule has 1 aliphatic rings. The second-order valence-corrected chi connectivity index (χ2v) is 13.4. The minimum absolute atomic E-state index is 0.0152. The average molecular weight is 601 g/mol. The van der Waals surface area contributed by atoms with Gasteiger partial charge >= 0.3 is 0 Å². The van der Waals surface area contributed by atoms with Crippen molar-refractivity contribution in [1.29, 1.82) is 0 Å². The summed E-state index contributed by atoms with van der Waals surface area (Å²) in [5.74, 6) is 0.304. The van der Waals surface area contributed by atoms with E-state index in [1.54, 1.807) is 35.6 Å². The number of nitrogens with one attached hydrogen (secondary N) is 1. The minimum Gasteiger partial charge on any atom is -0.493 e. The molecule has 3 heterocycles. The van der Waals surface area contributed by atoms with Crippen molar-refractivity contribution in [2.75, 3.05) is 19.8 Å². The van der Waals surface area contributed by atoms with Crippen LogP contribution in [0, 0.1) is 19.8 Å². The van der Waals surface area contributed by atoms with Gasteiger partial charge in [0.2, 0.25) is 0 Å². The monoisotopic (exact) mass is 600 g/mol. The smallest absolute Gasteiger partial charge is 0.265 e. The predicted octanol–water partition coefficient (Wildman–Crippen LogP) is 7.05. The normalized spacial score (nSPS) is 14.3. The van der Waals surface area contributed by atoms with Gasteiger partial charge in [-0.25, -0.2) is 18.1 Å². The standard InChI is InChI=1S/C33H32N2O5S2/c1-21-12-13-28(40-19-16-23-14-17-39-18-15-23)30-26(33(36)35-42(37,38)24-8-4-3-5-9-24)20-27(34-31(21)30)32-22(2)25-10-6-7-11-29(25)41-32/h3-13,20,23H,14-19H2,1-2H3,(H,35,36). The third-order valence-corrected chi connectivity index (χ3v) is 10.5. The van der Waals surface area contributed by atoms with E-state index in [0.717, 1.165) is 58.6 Å². The molecular weight excluding hydrogens is 569 g/mol. The Labute approximate surface area is 249 Å². The van der Waals surface area contributed by atoms with Gasteiger partial charge in [0.1, 0.15) is 5.75 Å². The zero-order chi connectivity index (χ0) is 29.3. The summed E-state index contributed by atoms with van der Waals surface area (Å²) in [6.45, 7) is 5.99. The van der Waals surface area contributed by atoms with E-state index in [0.29, 0.717) is 34.9 Å². The summed E-state index contributed by atoms with van der Waals surface area (Å²) in [5, 5.41) is 1.63. The fraction of sp³-hybridized carbons (Fsp3) is 0.273. The van der Waals surface area contributed by atoms with Gasteiger partial charge in [-0.1, -0.05) is 42.5 Å². The van der Waals surface area contributed by atoms with Crippen LogP contribution in [-0.2, 0) is 14.8 Å². The van der Waals surface area contributed by atoms with Crippen LogP contribution >= 0.6 is 11.3 Å². The highest BCUT2D eigenvalue weighted by Crippen LogP contribution is 2.40. The number of nitrogens with zero attached hydrogens (tertiary/aromatic N) is 1. The number of benzene rings is 3. The third kappa shape index (κ3) is 5.64. The van der Waals surface area contributed by atoms with Crippen molar-refractivity contribution in [3.8, 4) is 16.3 Å². The highest BCUT2D eigenvalue weighted by atomic mass is 32.2. The third-order valence-electron chi connectivity index (χ3n) is 7.85. The fourth-order valence-corrected chi connectivity index (χ4v) is 7.64. The van der Waals surface area contributed by atoms with Crippen LogP contribution in [-0.4, -0.2) is 39.1 Å². The van der Waals surface area contributed by atoms with Crippen molar-refractivity contribution >= 4 is 48.3 Å². The number of carbonyl (C=O) groups excluding carboxylic acids is 1. The molecule has 1 aliphatic heterocycles. The highest BCUT2D eigenvalue weighted by molar-refractivity contribution is 7.90. The van der Waals surface area contributed by atoms with Crippen LogP contribution in [0.15, 0.2) is 77.7 Å². The largest absolute Gasteiger partial charge is 0.493 e. The van der Waals surface area contributed by atoms with Crippen LogP contribution in [0.1, 0.15) is 40.7 Å². The first kappa shape index (κ1) is 28.3.